The van der Waals surface area contributed by atoms with Gasteiger partial charge >= 0.3 is 0 Å². The molecule has 0 saturated carbocycles. The number of fused-ring (bicyclic) bond motifs is 1. The van der Waals surface area contributed by atoms with Crippen LogP contribution in [0.1, 0.15) is 56.0 Å². The minimum atomic E-state index is -0.236. The molecule has 0 radical (unpaired) electrons. The van der Waals surface area contributed by atoms with Gasteiger partial charge in [-0.1, -0.05) is 17.8 Å². The summed E-state index contributed by atoms with van der Waals surface area (Å²) in [5, 5.41) is 13.9. The molecule has 2 atom stereocenters. The topological polar surface area (TPSA) is 88.8 Å². The van der Waals surface area contributed by atoms with Crippen LogP contribution in [0, 0.1) is 0 Å². The third-order valence-electron chi connectivity index (χ3n) is 5.29. The zero-order valence-electron chi connectivity index (χ0n) is 16.5. The van der Waals surface area contributed by atoms with E-state index in [1.807, 2.05) is 17.7 Å². The molecular weight excluding hydrogens is 378 g/mol. The summed E-state index contributed by atoms with van der Waals surface area (Å²) in [6.07, 6.45) is 1.63. The monoisotopic (exact) mass is 403 g/mol. The first-order valence-corrected chi connectivity index (χ1v) is 10.2. The van der Waals surface area contributed by atoms with Gasteiger partial charge in [-0.2, -0.15) is 0 Å². The van der Waals surface area contributed by atoms with Crippen LogP contribution in [0.2, 0.25) is 0 Å². The van der Waals surface area contributed by atoms with Gasteiger partial charge in [-0.25, -0.2) is 4.99 Å². The van der Waals surface area contributed by atoms with Crippen LogP contribution in [0.15, 0.2) is 28.0 Å². The smallest absolute Gasteiger partial charge is 0.271 e. The maximum Gasteiger partial charge on any atom is 0.271 e. The van der Waals surface area contributed by atoms with Gasteiger partial charge in [0.15, 0.2) is 17.3 Å². The van der Waals surface area contributed by atoms with Crippen LogP contribution in [0.5, 0.6) is 11.5 Å². The summed E-state index contributed by atoms with van der Waals surface area (Å²) < 4.78 is 12.9. The number of nitrogens with zero attached hydrogens (tertiary/aromatic N) is 2. The summed E-state index contributed by atoms with van der Waals surface area (Å²) in [6, 6.07) is 5.39. The Morgan fingerprint density at radius 1 is 1.43 bits per heavy atom. The Bertz CT molecular complexity index is 992. The standard InChI is InChI=1S/C20H25N3O4S/c1-11-21-18-16(17(28-11)12-5-6-15(26-4)14(24)9-12)19(25)22-23(18)13-7-8-27-20(2,3)10-13/h5-6,9,13,17,24H,7-8,10H2,1-4H3,(H,22,25)/t13-,17-/m1/s1. The van der Waals surface area contributed by atoms with Gasteiger partial charge in [0.05, 0.1) is 34.6 Å². The number of aromatic hydroxyl groups is 1. The van der Waals surface area contributed by atoms with Gasteiger partial charge in [0.2, 0.25) is 0 Å². The fourth-order valence-electron chi connectivity index (χ4n) is 4.00. The van der Waals surface area contributed by atoms with Gasteiger partial charge < -0.3 is 14.6 Å². The lowest BCUT2D eigenvalue weighted by atomic mass is 9.94. The highest BCUT2D eigenvalue weighted by Gasteiger charge is 2.36. The number of aliphatic imine (C=N–C) groups is 1. The third-order valence-corrected chi connectivity index (χ3v) is 6.47. The van der Waals surface area contributed by atoms with Crippen LogP contribution in [0.3, 0.4) is 0 Å². The lowest BCUT2D eigenvalue weighted by Gasteiger charge is -2.36. The maximum atomic E-state index is 12.9. The molecule has 150 valence electrons. The summed E-state index contributed by atoms with van der Waals surface area (Å²) >= 11 is 1.52. The number of nitrogens with one attached hydrogen (secondary N) is 1. The molecule has 0 unspecified atom stereocenters. The van der Waals surface area contributed by atoms with E-state index >= 15 is 0 Å². The molecule has 0 amide bonds. The average molecular weight is 404 g/mol. The normalized spacial score (nSPS) is 23.8. The molecule has 8 heteroatoms. The Hall–Kier alpha value is -2.19. The molecule has 0 spiro atoms. The number of hydrogen-bond acceptors (Lipinski definition) is 6. The minimum Gasteiger partial charge on any atom is -0.504 e. The Morgan fingerprint density at radius 2 is 2.21 bits per heavy atom. The second-order valence-electron chi connectivity index (χ2n) is 7.86. The van der Waals surface area contributed by atoms with Gasteiger partial charge in [0, 0.05) is 6.61 Å². The number of H-pyrrole nitrogens is 1. The van der Waals surface area contributed by atoms with E-state index in [-0.39, 0.29) is 28.2 Å². The van der Waals surface area contributed by atoms with E-state index in [0.29, 0.717) is 23.7 Å². The largest absolute Gasteiger partial charge is 0.504 e. The Labute approximate surface area is 167 Å². The van der Waals surface area contributed by atoms with E-state index in [0.717, 1.165) is 23.4 Å². The van der Waals surface area contributed by atoms with Crippen molar-refractivity contribution in [3.63, 3.8) is 0 Å². The minimum absolute atomic E-state index is 0.0596. The zero-order chi connectivity index (χ0) is 20.1. The number of ether oxygens (including phenoxy) is 2. The maximum absolute atomic E-state index is 12.9. The van der Waals surface area contributed by atoms with E-state index in [1.54, 1.807) is 12.1 Å². The fourth-order valence-corrected chi connectivity index (χ4v) is 5.09. The molecule has 28 heavy (non-hydrogen) atoms. The second-order valence-corrected chi connectivity index (χ2v) is 9.16. The molecule has 2 aliphatic heterocycles. The molecule has 2 aromatic rings. The van der Waals surface area contributed by atoms with Crippen molar-refractivity contribution in [3.8, 4) is 11.5 Å². The van der Waals surface area contributed by atoms with Crippen LogP contribution in [0.25, 0.3) is 0 Å². The van der Waals surface area contributed by atoms with Crippen molar-refractivity contribution < 1.29 is 14.6 Å². The van der Waals surface area contributed by atoms with Crippen molar-refractivity contribution in [1.29, 1.82) is 0 Å². The molecule has 3 heterocycles. The predicted octanol–water partition coefficient (Wildman–Crippen LogP) is 3.91. The number of hydrogen-bond donors (Lipinski definition) is 2. The van der Waals surface area contributed by atoms with E-state index in [9.17, 15) is 9.90 Å². The van der Waals surface area contributed by atoms with Gasteiger partial charge in [-0.3, -0.25) is 14.6 Å². The number of thioether (sulfide) groups is 1. The first-order valence-electron chi connectivity index (χ1n) is 9.36. The van der Waals surface area contributed by atoms with Crippen LogP contribution >= 0.6 is 11.8 Å². The summed E-state index contributed by atoms with van der Waals surface area (Å²) in [5.74, 6) is 1.15. The number of aromatic amines is 1. The molecule has 1 fully saturated rings. The molecule has 0 aliphatic carbocycles. The Morgan fingerprint density at radius 3 is 2.89 bits per heavy atom. The average Bonchev–Trinajstić information content (AvgIpc) is 2.96. The number of rotatable bonds is 3. The first kappa shape index (κ1) is 19.1. The Kier molecular flexibility index (Phi) is 4.79. The lowest BCUT2D eigenvalue weighted by molar-refractivity contribution is -0.0705. The summed E-state index contributed by atoms with van der Waals surface area (Å²) in [5.41, 5.74) is 1.10. The van der Waals surface area contributed by atoms with E-state index < -0.39 is 0 Å². The van der Waals surface area contributed by atoms with Gasteiger partial charge in [0.25, 0.3) is 5.56 Å². The van der Waals surface area contributed by atoms with Gasteiger partial charge in [-0.15, -0.1) is 0 Å². The number of benzene rings is 1. The van der Waals surface area contributed by atoms with Crippen LogP contribution in [0.4, 0.5) is 5.82 Å². The van der Waals surface area contributed by atoms with Gasteiger partial charge in [-0.05, 0) is 51.3 Å². The van der Waals surface area contributed by atoms with Crippen molar-refractivity contribution in [1.82, 2.24) is 9.78 Å². The van der Waals surface area contributed by atoms with Crippen molar-refractivity contribution in [3.05, 3.63) is 39.7 Å². The lowest BCUT2D eigenvalue weighted by Crippen LogP contribution is -2.35. The molecule has 1 aromatic heterocycles. The SMILES string of the molecule is COc1ccc([C@H]2SC(C)=Nc3c2c(=O)[nH]n3[C@@H]2CCOC(C)(C)C2)cc1O. The highest BCUT2D eigenvalue weighted by atomic mass is 32.2. The number of phenols is 1. The summed E-state index contributed by atoms with van der Waals surface area (Å²) in [7, 11) is 1.51. The zero-order valence-corrected chi connectivity index (χ0v) is 17.3. The number of phenolic OH excluding ortho intramolecular Hbond substituents is 1. The summed E-state index contributed by atoms with van der Waals surface area (Å²) in [6.45, 7) is 6.74. The molecule has 1 saturated heterocycles. The second kappa shape index (κ2) is 7.00. The van der Waals surface area contributed by atoms with Crippen molar-refractivity contribution >= 4 is 22.6 Å². The highest BCUT2D eigenvalue weighted by Crippen LogP contribution is 2.46. The van der Waals surface area contributed by atoms with Gasteiger partial charge in [0.1, 0.15) is 0 Å². The van der Waals surface area contributed by atoms with E-state index in [4.69, 9.17) is 14.5 Å². The molecule has 7 nitrogen and oxygen atoms in total. The number of methoxy groups -OCH3 is 1. The highest BCUT2D eigenvalue weighted by molar-refractivity contribution is 8.14. The Balaban J connectivity index is 1.78. The van der Waals surface area contributed by atoms with E-state index in [1.165, 1.54) is 18.9 Å². The fraction of sp³-hybridized carbons (Fsp3) is 0.500. The van der Waals surface area contributed by atoms with Crippen molar-refractivity contribution in [2.24, 2.45) is 4.99 Å². The molecule has 4 rings (SSSR count). The quantitative estimate of drug-likeness (QED) is 0.811. The van der Waals surface area contributed by atoms with E-state index in [2.05, 4.69) is 18.9 Å². The predicted molar refractivity (Wildman–Crippen MR) is 110 cm³/mol. The molecular formula is C20H25N3O4S. The number of aromatic nitrogens is 2. The molecule has 1 aromatic carbocycles. The van der Waals surface area contributed by atoms with Crippen LogP contribution in [-0.2, 0) is 4.74 Å². The molecule has 0 bridgehead atoms. The molecule has 2 N–H and O–H groups in total. The first-order chi connectivity index (χ1) is 13.3. The third kappa shape index (κ3) is 3.35. The van der Waals surface area contributed by atoms with Crippen molar-refractivity contribution in [2.75, 3.05) is 13.7 Å². The van der Waals surface area contributed by atoms with Crippen molar-refractivity contribution in [2.45, 2.75) is 50.5 Å². The van der Waals surface area contributed by atoms with Crippen LogP contribution < -0.4 is 10.3 Å². The summed E-state index contributed by atoms with van der Waals surface area (Å²) in [4.78, 5) is 17.6. The van der Waals surface area contributed by atoms with Crippen LogP contribution in [-0.4, -0.2) is 39.2 Å². The molecule has 2 aliphatic rings.